The number of hydrogen-bond acceptors (Lipinski definition) is 3. The third kappa shape index (κ3) is 4.07. The van der Waals surface area contributed by atoms with Crippen LogP contribution in [-0.4, -0.2) is 50.7 Å². The average Bonchev–Trinajstić information content (AvgIpc) is 2.19. The molecule has 1 heterocycles. The summed E-state index contributed by atoms with van der Waals surface area (Å²) in [7, 11) is 3.57. The first-order valence-electron chi connectivity index (χ1n) is 5.21. The Morgan fingerprint density at radius 2 is 2.36 bits per heavy atom. The van der Waals surface area contributed by atoms with Gasteiger partial charge in [0.05, 0.1) is 6.61 Å². The summed E-state index contributed by atoms with van der Waals surface area (Å²) in [6.07, 6.45) is 2.86. The van der Waals surface area contributed by atoms with Gasteiger partial charge in [0.15, 0.2) is 0 Å². The molecule has 1 N–H and O–H groups in total. The van der Waals surface area contributed by atoms with Crippen LogP contribution in [0.5, 0.6) is 0 Å². The second-order valence-corrected chi connectivity index (χ2v) is 3.91. The zero-order chi connectivity index (χ0) is 10.4. The van der Waals surface area contributed by atoms with Crippen molar-refractivity contribution in [3.05, 3.63) is 0 Å². The van der Waals surface area contributed by atoms with Crippen LogP contribution in [0.1, 0.15) is 19.3 Å². The van der Waals surface area contributed by atoms with Crippen LogP contribution in [0.4, 0.5) is 0 Å². The molecule has 0 spiro atoms. The van der Waals surface area contributed by atoms with Gasteiger partial charge in [0.2, 0.25) is 5.91 Å². The quantitative estimate of drug-likeness (QED) is 0.706. The molecule has 1 unspecified atom stereocenters. The Bertz CT molecular complexity index is 177. The van der Waals surface area contributed by atoms with Gasteiger partial charge in [-0.3, -0.25) is 4.79 Å². The number of nitrogens with one attached hydrogen (secondary N) is 1. The third-order valence-corrected chi connectivity index (χ3v) is 2.43. The van der Waals surface area contributed by atoms with Gasteiger partial charge in [-0.05, 0) is 12.8 Å². The Kier molecular flexibility index (Phi) is 4.90. The fourth-order valence-electron chi connectivity index (χ4n) is 1.51. The van der Waals surface area contributed by atoms with Gasteiger partial charge in [0.25, 0.3) is 0 Å². The van der Waals surface area contributed by atoms with Crippen LogP contribution in [0, 0.1) is 0 Å². The molecular weight excluding hydrogens is 180 g/mol. The number of hydrogen-bond donors (Lipinski definition) is 1. The maximum absolute atomic E-state index is 11.2. The number of ether oxygens (including phenoxy) is 1. The Balaban J connectivity index is 2.05. The molecule has 0 aromatic rings. The van der Waals surface area contributed by atoms with Crippen LogP contribution in [0.15, 0.2) is 0 Å². The fraction of sp³-hybridized carbons (Fsp3) is 0.900. The summed E-state index contributed by atoms with van der Waals surface area (Å²) in [5, 5.41) is 3.33. The number of carbonyl (C=O) groups excluding carboxylic acids is 1. The number of amides is 1. The zero-order valence-electron chi connectivity index (χ0n) is 9.08. The summed E-state index contributed by atoms with van der Waals surface area (Å²) >= 11 is 0. The summed E-state index contributed by atoms with van der Waals surface area (Å²) in [6, 6.07) is 0.443. The van der Waals surface area contributed by atoms with Gasteiger partial charge in [-0.1, -0.05) is 0 Å². The van der Waals surface area contributed by atoms with E-state index in [1.807, 2.05) is 0 Å². The van der Waals surface area contributed by atoms with Crippen LogP contribution < -0.4 is 5.32 Å². The van der Waals surface area contributed by atoms with Crippen LogP contribution >= 0.6 is 0 Å². The van der Waals surface area contributed by atoms with Crippen LogP contribution in [-0.2, 0) is 9.53 Å². The first-order valence-corrected chi connectivity index (χ1v) is 5.21. The van der Waals surface area contributed by atoms with Crippen LogP contribution in [0.3, 0.4) is 0 Å². The summed E-state index contributed by atoms with van der Waals surface area (Å²) in [5.74, 6) is 0.175. The maximum atomic E-state index is 11.2. The van der Waals surface area contributed by atoms with Crippen molar-refractivity contribution >= 4 is 5.91 Å². The normalized spacial score (nSPS) is 22.0. The molecule has 0 saturated carbocycles. The highest BCUT2D eigenvalue weighted by atomic mass is 16.5. The minimum Gasteiger partial charge on any atom is -0.380 e. The van der Waals surface area contributed by atoms with Crippen molar-refractivity contribution in [2.75, 3.05) is 33.9 Å². The van der Waals surface area contributed by atoms with E-state index in [0.29, 0.717) is 12.5 Å². The van der Waals surface area contributed by atoms with E-state index >= 15 is 0 Å². The van der Waals surface area contributed by atoms with E-state index in [9.17, 15) is 4.79 Å². The predicted molar refractivity (Wildman–Crippen MR) is 55.2 cm³/mol. The van der Waals surface area contributed by atoms with Gasteiger partial charge in [-0.25, -0.2) is 0 Å². The molecule has 1 atom stereocenters. The molecule has 1 aliphatic rings. The smallest absolute Gasteiger partial charge is 0.223 e. The van der Waals surface area contributed by atoms with Crippen LogP contribution in [0.2, 0.25) is 0 Å². The summed E-state index contributed by atoms with van der Waals surface area (Å²) in [4.78, 5) is 12.9. The molecule has 1 rings (SSSR count). The molecule has 1 amide bonds. The van der Waals surface area contributed by atoms with Crippen molar-refractivity contribution in [1.29, 1.82) is 0 Å². The lowest BCUT2D eigenvalue weighted by atomic mass is 10.1. The minimum atomic E-state index is 0.175. The highest BCUT2D eigenvalue weighted by Crippen LogP contribution is 2.05. The van der Waals surface area contributed by atoms with E-state index in [-0.39, 0.29) is 5.91 Å². The van der Waals surface area contributed by atoms with Crippen LogP contribution in [0.25, 0.3) is 0 Å². The van der Waals surface area contributed by atoms with E-state index < -0.39 is 0 Å². The van der Waals surface area contributed by atoms with Crippen molar-refractivity contribution in [1.82, 2.24) is 10.2 Å². The first kappa shape index (κ1) is 11.5. The summed E-state index contributed by atoms with van der Waals surface area (Å²) < 4.78 is 5.33. The lowest BCUT2D eigenvalue weighted by molar-refractivity contribution is -0.128. The van der Waals surface area contributed by atoms with E-state index in [2.05, 4.69) is 5.32 Å². The number of nitrogens with zero attached hydrogens (tertiary/aromatic N) is 1. The van der Waals surface area contributed by atoms with Gasteiger partial charge in [-0.15, -0.1) is 0 Å². The molecule has 4 heteroatoms. The molecule has 1 aliphatic heterocycles. The highest BCUT2D eigenvalue weighted by Gasteiger charge is 2.13. The fourth-order valence-corrected chi connectivity index (χ4v) is 1.51. The Hall–Kier alpha value is -0.610. The third-order valence-electron chi connectivity index (χ3n) is 2.43. The van der Waals surface area contributed by atoms with Gasteiger partial charge in [0, 0.05) is 39.7 Å². The van der Waals surface area contributed by atoms with Gasteiger partial charge < -0.3 is 15.0 Å². The molecule has 0 aliphatic carbocycles. The van der Waals surface area contributed by atoms with Gasteiger partial charge >= 0.3 is 0 Å². The van der Waals surface area contributed by atoms with Crippen molar-refractivity contribution in [2.24, 2.45) is 0 Å². The van der Waals surface area contributed by atoms with Crippen molar-refractivity contribution in [2.45, 2.75) is 25.3 Å². The van der Waals surface area contributed by atoms with E-state index in [1.165, 1.54) is 0 Å². The lowest BCUT2D eigenvalue weighted by Gasteiger charge is -2.23. The number of carbonyl (C=O) groups is 1. The summed E-state index contributed by atoms with van der Waals surface area (Å²) in [6.45, 7) is 2.43. The highest BCUT2D eigenvalue weighted by molar-refractivity contribution is 5.75. The molecule has 0 radical (unpaired) electrons. The Morgan fingerprint density at radius 3 is 2.93 bits per heavy atom. The van der Waals surface area contributed by atoms with E-state index in [1.54, 1.807) is 19.0 Å². The Labute approximate surface area is 85.6 Å². The monoisotopic (exact) mass is 200 g/mol. The molecule has 1 saturated heterocycles. The molecule has 0 bridgehead atoms. The van der Waals surface area contributed by atoms with Gasteiger partial charge in [0.1, 0.15) is 0 Å². The lowest BCUT2D eigenvalue weighted by Crippen LogP contribution is -2.38. The standard InChI is InChI=1S/C10H20N2O2/c1-12(2)10(13)5-6-11-9-4-3-7-14-8-9/h9,11H,3-8H2,1-2H3. The number of rotatable bonds is 4. The SMILES string of the molecule is CN(C)C(=O)CCNC1CCCOC1. The summed E-state index contributed by atoms with van der Waals surface area (Å²) in [5.41, 5.74) is 0. The van der Waals surface area contributed by atoms with Crippen molar-refractivity contribution in [3.63, 3.8) is 0 Å². The molecule has 14 heavy (non-hydrogen) atoms. The largest absolute Gasteiger partial charge is 0.380 e. The molecule has 82 valence electrons. The second kappa shape index (κ2) is 5.98. The van der Waals surface area contributed by atoms with E-state index in [4.69, 9.17) is 4.74 Å². The van der Waals surface area contributed by atoms with E-state index in [0.717, 1.165) is 32.6 Å². The maximum Gasteiger partial charge on any atom is 0.223 e. The molecular formula is C10H20N2O2. The first-order chi connectivity index (χ1) is 6.70. The molecule has 0 aromatic heterocycles. The minimum absolute atomic E-state index is 0.175. The predicted octanol–water partition coefficient (Wildman–Crippen LogP) is 0.233. The van der Waals surface area contributed by atoms with Crippen molar-refractivity contribution < 1.29 is 9.53 Å². The second-order valence-electron chi connectivity index (χ2n) is 3.91. The molecule has 4 nitrogen and oxygen atoms in total. The van der Waals surface area contributed by atoms with Crippen molar-refractivity contribution in [3.8, 4) is 0 Å². The molecule has 1 fully saturated rings. The Morgan fingerprint density at radius 1 is 1.57 bits per heavy atom. The topological polar surface area (TPSA) is 41.6 Å². The van der Waals surface area contributed by atoms with Gasteiger partial charge in [-0.2, -0.15) is 0 Å². The zero-order valence-corrected chi connectivity index (χ0v) is 9.08. The average molecular weight is 200 g/mol. The molecule has 0 aromatic carbocycles.